The number of thiophene rings is 1. The van der Waals surface area contributed by atoms with E-state index in [0.717, 1.165) is 11.3 Å². The standard InChI is InChI=1S/C15H16N4O7S/c1-4-25-13(22)7-6(3)9(14(23)26-5-2)27-12(7)19-18-8-10(20)16-15(24)17-11(8)21/h4-5H2,1-3H3,(H3,16,17,20,21,24). The summed E-state index contributed by atoms with van der Waals surface area (Å²) in [5, 5.41) is 17.0. The molecule has 0 aliphatic carbocycles. The van der Waals surface area contributed by atoms with Crippen LogP contribution in [0.3, 0.4) is 0 Å². The first-order chi connectivity index (χ1) is 12.8. The number of nitrogens with zero attached hydrogens (tertiary/aromatic N) is 2. The van der Waals surface area contributed by atoms with Crippen molar-refractivity contribution in [1.29, 1.82) is 0 Å². The zero-order valence-electron chi connectivity index (χ0n) is 14.6. The zero-order valence-corrected chi connectivity index (χ0v) is 15.4. The molecule has 2 heterocycles. The molecule has 0 amide bonds. The first-order valence-corrected chi connectivity index (χ1v) is 8.56. The molecule has 2 rings (SSSR count). The van der Waals surface area contributed by atoms with Gasteiger partial charge in [0.2, 0.25) is 11.6 Å². The van der Waals surface area contributed by atoms with Crippen molar-refractivity contribution >= 4 is 34.0 Å². The molecule has 0 saturated carbocycles. The van der Waals surface area contributed by atoms with Crippen molar-refractivity contribution in [2.45, 2.75) is 20.8 Å². The highest BCUT2D eigenvalue weighted by atomic mass is 32.1. The first kappa shape index (κ1) is 20.0. The maximum Gasteiger partial charge on any atom is 0.348 e. The molecule has 0 spiro atoms. The smallest absolute Gasteiger partial charge is 0.348 e. The van der Waals surface area contributed by atoms with Gasteiger partial charge in [-0.15, -0.1) is 21.6 Å². The predicted octanol–water partition coefficient (Wildman–Crippen LogP) is 1.91. The number of nitrogens with one attached hydrogen (secondary N) is 2. The second-order valence-corrected chi connectivity index (χ2v) is 5.98. The summed E-state index contributed by atoms with van der Waals surface area (Å²) in [7, 11) is 0. The summed E-state index contributed by atoms with van der Waals surface area (Å²) < 4.78 is 9.91. The topological polar surface area (TPSA) is 163 Å². The lowest BCUT2D eigenvalue weighted by molar-refractivity contribution is 0.0527. The fourth-order valence-electron chi connectivity index (χ4n) is 2.06. The lowest BCUT2D eigenvalue weighted by atomic mass is 10.1. The Hall–Kier alpha value is -3.28. The molecule has 0 bridgehead atoms. The number of aromatic hydroxyl groups is 1. The molecule has 2 aromatic rings. The van der Waals surface area contributed by atoms with E-state index in [2.05, 4.69) is 10.2 Å². The highest BCUT2D eigenvalue weighted by Crippen LogP contribution is 2.37. The van der Waals surface area contributed by atoms with E-state index in [4.69, 9.17) is 9.47 Å². The highest BCUT2D eigenvalue weighted by molar-refractivity contribution is 7.18. The summed E-state index contributed by atoms with van der Waals surface area (Å²) in [5.74, 6) is -2.16. The van der Waals surface area contributed by atoms with Gasteiger partial charge in [-0.3, -0.25) is 14.8 Å². The van der Waals surface area contributed by atoms with Crippen molar-refractivity contribution in [3.8, 4) is 5.88 Å². The monoisotopic (exact) mass is 396 g/mol. The van der Waals surface area contributed by atoms with Gasteiger partial charge >= 0.3 is 17.6 Å². The molecular formula is C15H16N4O7S. The lowest BCUT2D eigenvalue weighted by Crippen LogP contribution is -2.20. The van der Waals surface area contributed by atoms with Crippen LogP contribution >= 0.6 is 11.3 Å². The van der Waals surface area contributed by atoms with Crippen molar-refractivity contribution in [2.24, 2.45) is 10.2 Å². The number of carbonyl (C=O) groups is 2. The molecule has 0 aliphatic heterocycles. The van der Waals surface area contributed by atoms with Crippen LogP contribution in [0.25, 0.3) is 0 Å². The zero-order chi connectivity index (χ0) is 20.1. The summed E-state index contributed by atoms with van der Waals surface area (Å²) in [6.45, 7) is 5.02. The molecule has 27 heavy (non-hydrogen) atoms. The van der Waals surface area contributed by atoms with Crippen LogP contribution in [0.2, 0.25) is 0 Å². The molecule has 0 radical (unpaired) electrons. The maximum atomic E-state index is 12.2. The number of rotatable bonds is 6. The molecular weight excluding hydrogens is 380 g/mol. The van der Waals surface area contributed by atoms with Crippen LogP contribution in [0.5, 0.6) is 5.88 Å². The van der Waals surface area contributed by atoms with Gasteiger partial charge in [-0.2, -0.15) is 0 Å². The number of hydrogen-bond donors (Lipinski definition) is 3. The minimum atomic E-state index is -0.975. The lowest BCUT2D eigenvalue weighted by Gasteiger charge is -2.03. The summed E-state index contributed by atoms with van der Waals surface area (Å²) in [5.41, 5.74) is -2.16. The third kappa shape index (κ3) is 4.28. The highest BCUT2D eigenvalue weighted by Gasteiger charge is 2.26. The number of carbonyl (C=O) groups excluding carboxylic acids is 2. The Balaban J connectivity index is 2.56. The second-order valence-electron chi connectivity index (χ2n) is 4.98. The normalized spacial score (nSPS) is 10.9. The van der Waals surface area contributed by atoms with Crippen LogP contribution in [0, 0.1) is 6.92 Å². The molecule has 12 heteroatoms. The van der Waals surface area contributed by atoms with Crippen LogP contribution in [-0.2, 0) is 9.47 Å². The second kappa shape index (κ2) is 8.40. The van der Waals surface area contributed by atoms with Crippen molar-refractivity contribution in [1.82, 2.24) is 9.97 Å². The molecule has 11 nitrogen and oxygen atoms in total. The van der Waals surface area contributed by atoms with Crippen molar-refractivity contribution in [3.63, 3.8) is 0 Å². The number of azo groups is 1. The summed E-state index contributed by atoms with van der Waals surface area (Å²) in [6.07, 6.45) is 0. The van der Waals surface area contributed by atoms with Crippen molar-refractivity contribution in [2.75, 3.05) is 13.2 Å². The molecule has 3 N–H and O–H groups in total. The van der Waals surface area contributed by atoms with Gasteiger partial charge in [0.1, 0.15) is 10.4 Å². The Morgan fingerprint density at radius 3 is 2.30 bits per heavy atom. The number of aromatic amines is 2. The molecule has 0 atom stereocenters. The van der Waals surface area contributed by atoms with Crippen LogP contribution in [0.1, 0.15) is 39.4 Å². The predicted molar refractivity (Wildman–Crippen MR) is 94.5 cm³/mol. The Kier molecular flexibility index (Phi) is 6.23. The Labute approximate surface area is 155 Å². The van der Waals surface area contributed by atoms with Crippen LogP contribution in [0.15, 0.2) is 19.8 Å². The van der Waals surface area contributed by atoms with Gasteiger partial charge in [-0.25, -0.2) is 14.4 Å². The van der Waals surface area contributed by atoms with Gasteiger partial charge in [0.15, 0.2) is 5.00 Å². The molecule has 0 fully saturated rings. The fraction of sp³-hybridized carbons (Fsp3) is 0.333. The van der Waals surface area contributed by atoms with E-state index >= 15 is 0 Å². The van der Waals surface area contributed by atoms with E-state index in [1.807, 2.05) is 9.97 Å². The first-order valence-electron chi connectivity index (χ1n) is 7.75. The van der Waals surface area contributed by atoms with E-state index in [1.54, 1.807) is 13.8 Å². The van der Waals surface area contributed by atoms with E-state index < -0.39 is 34.8 Å². The number of aromatic nitrogens is 2. The fourth-order valence-corrected chi connectivity index (χ4v) is 3.07. The van der Waals surface area contributed by atoms with Crippen LogP contribution < -0.4 is 11.2 Å². The summed E-state index contributed by atoms with van der Waals surface area (Å²) >= 11 is 0.821. The van der Waals surface area contributed by atoms with Crippen molar-refractivity contribution in [3.05, 3.63) is 36.8 Å². The number of H-pyrrole nitrogens is 2. The average molecular weight is 396 g/mol. The Bertz CT molecular complexity index is 1020. The Morgan fingerprint density at radius 2 is 1.70 bits per heavy atom. The minimum Gasteiger partial charge on any atom is -0.493 e. The largest absolute Gasteiger partial charge is 0.493 e. The summed E-state index contributed by atoms with van der Waals surface area (Å²) in [6, 6.07) is 0. The third-order valence-corrected chi connectivity index (χ3v) is 4.36. The minimum absolute atomic E-state index is 0.00556. The van der Waals surface area contributed by atoms with Crippen LogP contribution in [0.4, 0.5) is 10.7 Å². The van der Waals surface area contributed by atoms with Gasteiger partial charge in [-0.1, -0.05) is 0 Å². The number of ether oxygens (including phenoxy) is 2. The molecule has 0 unspecified atom stereocenters. The Morgan fingerprint density at radius 1 is 1.07 bits per heavy atom. The molecule has 0 saturated heterocycles. The number of hydrogen-bond acceptors (Lipinski definition) is 10. The van der Waals surface area contributed by atoms with Gasteiger partial charge in [0.25, 0.3) is 5.56 Å². The maximum absolute atomic E-state index is 12.2. The van der Waals surface area contributed by atoms with Gasteiger partial charge in [0.05, 0.1) is 13.2 Å². The molecule has 2 aromatic heterocycles. The average Bonchev–Trinajstić information content (AvgIpc) is 2.91. The van der Waals surface area contributed by atoms with E-state index in [-0.39, 0.29) is 28.7 Å². The quantitative estimate of drug-likeness (QED) is 0.496. The third-order valence-electron chi connectivity index (χ3n) is 3.21. The SMILES string of the molecule is CCOC(=O)c1sc(N=Nc2c(O)[nH]c(=O)[nH]c2=O)c(C(=O)OCC)c1C. The van der Waals surface area contributed by atoms with Crippen LogP contribution in [-0.4, -0.2) is 40.2 Å². The van der Waals surface area contributed by atoms with E-state index in [9.17, 15) is 24.3 Å². The molecule has 0 aliphatic rings. The van der Waals surface area contributed by atoms with Gasteiger partial charge < -0.3 is 14.6 Å². The van der Waals surface area contributed by atoms with Gasteiger partial charge in [-0.05, 0) is 26.3 Å². The van der Waals surface area contributed by atoms with E-state index in [1.165, 1.54) is 6.92 Å². The van der Waals surface area contributed by atoms with E-state index in [0.29, 0.717) is 5.56 Å². The summed E-state index contributed by atoms with van der Waals surface area (Å²) in [4.78, 5) is 51.1. The molecule has 0 aromatic carbocycles. The van der Waals surface area contributed by atoms with Crippen molar-refractivity contribution < 1.29 is 24.2 Å². The molecule has 144 valence electrons. The van der Waals surface area contributed by atoms with Gasteiger partial charge in [0, 0.05) is 0 Å². The number of esters is 2.